The summed E-state index contributed by atoms with van der Waals surface area (Å²) < 4.78 is 26.9. The van der Waals surface area contributed by atoms with Crippen LogP contribution in [-0.2, 0) is 23.7 Å². The number of aromatic amines is 2. The Morgan fingerprint density at radius 2 is 1.10 bits per heavy atom. The zero-order chi connectivity index (χ0) is 35.0. The smallest absolute Gasteiger partial charge is 0.186 e. The van der Waals surface area contributed by atoms with Gasteiger partial charge in [0, 0.05) is 52.1 Å². The molecule has 6 nitrogen and oxygen atoms in total. The van der Waals surface area contributed by atoms with E-state index in [1.165, 1.54) is 24.3 Å². The van der Waals surface area contributed by atoms with Crippen LogP contribution in [0.25, 0.3) is 12.2 Å². The first-order chi connectivity index (χ1) is 24.9. The lowest BCUT2D eigenvalue weighted by Gasteiger charge is -2.34. The molecule has 0 radical (unpaired) electrons. The van der Waals surface area contributed by atoms with Crippen molar-refractivity contribution in [1.29, 1.82) is 5.26 Å². The Kier molecular flexibility index (Phi) is 8.12. The third-order valence-corrected chi connectivity index (χ3v) is 10.3. The number of fused-ring (bicyclic) bond motifs is 2. The minimum Gasteiger partial charge on any atom is -0.292 e. The van der Waals surface area contributed by atoms with E-state index >= 15 is 0 Å². The van der Waals surface area contributed by atoms with Crippen LogP contribution in [0.1, 0.15) is 73.8 Å². The van der Waals surface area contributed by atoms with E-state index in [1.54, 1.807) is 0 Å². The van der Waals surface area contributed by atoms with E-state index in [4.69, 9.17) is 5.26 Å². The van der Waals surface area contributed by atoms with E-state index in [0.29, 0.717) is 24.2 Å². The summed E-state index contributed by atoms with van der Waals surface area (Å²) >= 11 is 0. The zero-order valence-corrected chi connectivity index (χ0v) is 27.6. The number of hydrogen-bond acceptors (Lipinski definition) is 4. The van der Waals surface area contributed by atoms with E-state index in [-0.39, 0.29) is 23.3 Å². The Hall–Kier alpha value is -6.20. The van der Waals surface area contributed by atoms with E-state index in [1.807, 2.05) is 72.8 Å². The summed E-state index contributed by atoms with van der Waals surface area (Å²) in [4.78, 5) is 12.5. The van der Waals surface area contributed by atoms with Gasteiger partial charge < -0.3 is 0 Å². The number of hydrogen-bond donors (Lipinski definition) is 2. The molecule has 6 aromatic rings. The third kappa shape index (κ3) is 5.81. The van der Waals surface area contributed by atoms with Crippen LogP contribution in [-0.4, -0.2) is 26.2 Å². The van der Waals surface area contributed by atoms with Crippen molar-refractivity contribution in [1.82, 2.24) is 20.4 Å². The van der Waals surface area contributed by atoms with Gasteiger partial charge in [0.25, 0.3) is 0 Å². The third-order valence-electron chi connectivity index (χ3n) is 10.3. The quantitative estimate of drug-likeness (QED) is 0.173. The van der Waals surface area contributed by atoms with Gasteiger partial charge in [-0.05, 0) is 59.4 Å². The monoisotopic (exact) mass is 673 g/mol. The first-order valence-corrected chi connectivity index (χ1v) is 17.0. The molecule has 2 atom stereocenters. The molecule has 1 fully saturated rings. The number of nitrogens with zero attached hydrogens (tertiary/aromatic N) is 3. The number of nitriles is 1. The number of rotatable bonds is 6. The van der Waals surface area contributed by atoms with Crippen molar-refractivity contribution < 1.29 is 13.6 Å². The number of nitrogens with one attached hydrogen (secondary N) is 2. The molecule has 4 aromatic carbocycles. The maximum absolute atomic E-state index is 13.5. The van der Waals surface area contributed by atoms with Gasteiger partial charge in [-0.1, -0.05) is 109 Å². The van der Waals surface area contributed by atoms with Crippen LogP contribution in [0.2, 0.25) is 0 Å². The van der Waals surface area contributed by atoms with E-state index in [2.05, 4.69) is 62.9 Å². The SMILES string of the molecule is N#Cc1n[nH]c2c1C=CC(c1ccccc1)(c1ccc(F)cc1)C2.O=C(c1n[nH]c2c1C=CC(c1ccccc1)(c1ccc(F)cc1)C2)C1CC1. The Bertz CT molecular complexity index is 2310. The lowest BCUT2D eigenvalue weighted by atomic mass is 9.68. The van der Waals surface area contributed by atoms with E-state index in [9.17, 15) is 13.6 Å². The number of halogens is 2. The van der Waals surface area contributed by atoms with E-state index in [0.717, 1.165) is 57.6 Å². The Morgan fingerprint density at radius 1 is 0.647 bits per heavy atom. The Balaban J connectivity index is 0.000000148. The molecule has 3 aliphatic carbocycles. The van der Waals surface area contributed by atoms with Crippen molar-refractivity contribution in [2.75, 3.05) is 0 Å². The first-order valence-electron chi connectivity index (χ1n) is 17.0. The minimum absolute atomic E-state index is 0.142. The highest BCUT2D eigenvalue weighted by Gasteiger charge is 2.40. The average Bonchev–Trinajstić information content (AvgIpc) is 3.83. The molecule has 8 heteroatoms. The minimum atomic E-state index is -0.422. The maximum Gasteiger partial charge on any atom is 0.186 e. The van der Waals surface area contributed by atoms with Gasteiger partial charge in [0.1, 0.15) is 23.4 Å². The second kappa shape index (κ2) is 12.9. The predicted octanol–water partition coefficient (Wildman–Crippen LogP) is 8.67. The number of aromatic nitrogens is 4. The maximum atomic E-state index is 13.5. The van der Waals surface area contributed by atoms with Gasteiger partial charge in [0.2, 0.25) is 0 Å². The van der Waals surface area contributed by atoms with E-state index < -0.39 is 10.8 Å². The Morgan fingerprint density at radius 3 is 1.59 bits per heavy atom. The highest BCUT2D eigenvalue weighted by atomic mass is 19.1. The van der Waals surface area contributed by atoms with Gasteiger partial charge in [-0.2, -0.15) is 15.5 Å². The molecule has 250 valence electrons. The molecular formula is C43H33F2N5O. The summed E-state index contributed by atoms with van der Waals surface area (Å²) in [5, 5.41) is 23.7. The second-order valence-corrected chi connectivity index (χ2v) is 13.4. The molecule has 2 heterocycles. The number of H-pyrrole nitrogens is 2. The molecule has 0 aliphatic heterocycles. The largest absolute Gasteiger partial charge is 0.292 e. The molecule has 3 aliphatic rings. The van der Waals surface area contributed by atoms with Crippen LogP contribution in [0.4, 0.5) is 8.78 Å². The first kappa shape index (κ1) is 32.0. The van der Waals surface area contributed by atoms with Crippen molar-refractivity contribution in [3.8, 4) is 6.07 Å². The number of ketones is 1. The van der Waals surface area contributed by atoms with Gasteiger partial charge in [0.15, 0.2) is 11.5 Å². The highest BCUT2D eigenvalue weighted by Crippen LogP contribution is 2.44. The molecule has 0 amide bonds. The number of carbonyl (C=O) groups excluding carboxylic acids is 1. The molecule has 9 rings (SSSR count). The normalized spacial score (nSPS) is 20.0. The molecule has 0 spiro atoms. The molecule has 0 bridgehead atoms. The van der Waals surface area contributed by atoms with Crippen LogP contribution in [0.3, 0.4) is 0 Å². The molecule has 2 aromatic heterocycles. The number of carbonyl (C=O) groups is 1. The van der Waals surface area contributed by atoms with Gasteiger partial charge in [-0.3, -0.25) is 15.0 Å². The van der Waals surface area contributed by atoms with Crippen molar-refractivity contribution >= 4 is 17.9 Å². The number of Topliss-reactive ketones (excluding diaryl/α,β-unsaturated/α-hetero) is 1. The zero-order valence-electron chi connectivity index (χ0n) is 27.6. The summed E-state index contributed by atoms with van der Waals surface area (Å²) in [6, 6.07) is 35.7. The molecule has 1 saturated carbocycles. The van der Waals surface area contributed by atoms with Gasteiger partial charge in [-0.15, -0.1) is 0 Å². The van der Waals surface area contributed by atoms with Crippen molar-refractivity contribution in [2.45, 2.75) is 36.5 Å². The standard InChI is InChI=1S/C23H19FN2O.C20H14FN3/c24-18-10-8-17(9-11-18)23(16-4-2-1-3-5-16)13-12-19-20(14-23)25-26-21(19)22(27)15-6-7-15;21-16-8-6-15(7-9-16)20(14-4-2-1-3-5-14)11-10-17-18(12-20)23-24-19(17)13-22/h1-5,8-13,15H,6-7,14H2,(H,25,26);1-11H,12H2,(H,23,24). The van der Waals surface area contributed by atoms with Crippen LogP contribution < -0.4 is 0 Å². The predicted molar refractivity (Wildman–Crippen MR) is 192 cm³/mol. The summed E-state index contributed by atoms with van der Waals surface area (Å²) in [7, 11) is 0. The lowest BCUT2D eigenvalue weighted by molar-refractivity contribution is 0.0962. The van der Waals surface area contributed by atoms with Gasteiger partial charge >= 0.3 is 0 Å². The summed E-state index contributed by atoms with van der Waals surface area (Å²) in [6.45, 7) is 0. The second-order valence-electron chi connectivity index (χ2n) is 13.4. The molecule has 2 N–H and O–H groups in total. The van der Waals surface area contributed by atoms with Gasteiger partial charge in [0.05, 0.1) is 0 Å². The fraction of sp³-hybridized carbons (Fsp3) is 0.163. The fourth-order valence-corrected chi connectivity index (χ4v) is 7.43. The molecule has 2 unspecified atom stereocenters. The fourth-order valence-electron chi connectivity index (χ4n) is 7.43. The van der Waals surface area contributed by atoms with Crippen LogP contribution in [0.5, 0.6) is 0 Å². The molecule has 51 heavy (non-hydrogen) atoms. The highest BCUT2D eigenvalue weighted by molar-refractivity contribution is 6.01. The summed E-state index contributed by atoms with van der Waals surface area (Å²) in [6.07, 6.45) is 11.4. The van der Waals surface area contributed by atoms with Crippen molar-refractivity contribution in [3.63, 3.8) is 0 Å². The summed E-state index contributed by atoms with van der Waals surface area (Å²) in [5.41, 5.74) is 8.01. The van der Waals surface area contributed by atoms with Crippen LogP contribution >= 0.6 is 0 Å². The van der Waals surface area contributed by atoms with Crippen molar-refractivity contribution in [3.05, 3.63) is 189 Å². The van der Waals surface area contributed by atoms with Crippen molar-refractivity contribution in [2.24, 2.45) is 5.92 Å². The average molecular weight is 674 g/mol. The molecule has 0 saturated heterocycles. The Labute approximate surface area is 294 Å². The van der Waals surface area contributed by atoms with Crippen LogP contribution in [0.15, 0.2) is 121 Å². The van der Waals surface area contributed by atoms with Gasteiger partial charge in [-0.25, -0.2) is 8.78 Å². The molecular weight excluding hydrogens is 641 g/mol. The van der Waals surface area contributed by atoms with Crippen LogP contribution in [0, 0.1) is 28.9 Å². The summed E-state index contributed by atoms with van der Waals surface area (Å²) in [5.74, 6) is -0.216. The number of benzene rings is 4. The topological polar surface area (TPSA) is 98.2 Å². The number of allylic oxidation sites excluding steroid dienone is 2. The lowest BCUT2D eigenvalue weighted by Crippen LogP contribution is -2.30.